The number of aliphatic hydroxyl groups is 14. The molecule has 4 fully saturated rings. The molecule has 2 unspecified atom stereocenters. The first kappa shape index (κ1) is 85.6. The number of carbonyl (C=O) groups excluding carboxylic acids is 7. The van der Waals surface area contributed by atoms with Crippen molar-refractivity contribution >= 4 is 41.4 Å². The van der Waals surface area contributed by atoms with E-state index in [0.717, 1.165) is 0 Å². The number of unbranched alkanes of at least 4 members (excludes halogenated alkanes) is 6. The fourth-order valence-corrected chi connectivity index (χ4v) is 11.2. The lowest BCUT2D eigenvalue weighted by atomic mass is 9.98. The summed E-state index contributed by atoms with van der Waals surface area (Å²) in [5.74, 6) is 1.94. The van der Waals surface area contributed by atoms with Gasteiger partial charge >= 0.3 is 0 Å². The molecule has 2 aromatic rings. The molecule has 586 valence electrons. The topological polar surface area (TPSA) is 648 Å². The normalized spacial score (nSPS) is 30.0. The van der Waals surface area contributed by atoms with E-state index in [0.29, 0.717) is 62.8 Å². The number of carbonyl (C=O) groups is 7. The SMILES string of the molecule is CC(=O)NC(CCC(=O)NCc1cn(CCO[C@H]2O[C@H](CO[C@H]3O[C@H](CO)[C@@H](O)[C@H](O)[C@@H]3O)[C@@H](O)[C@H](O)[C@@H]2O)nn1)C(=O)NCCCCCCCC(=O)NC(CCC(=O)NCc1cn(CCO[C@H]2O[C@H](CO[C@H]3O[C@H](CO)[C@@H](O)[C@H](O)[C@@H]3O)[C@@H](O)[C@H](O)[C@@H]2O)nn1)C(=O)NCCCCCC(=O)NN. The van der Waals surface area contributed by atoms with Crippen LogP contribution in [0, 0.1) is 0 Å². The Morgan fingerprint density at radius 3 is 1.21 bits per heavy atom. The fraction of sp³-hybridized carbons (Fsp3) is 0.817. The van der Waals surface area contributed by atoms with E-state index in [4.69, 9.17) is 43.7 Å². The predicted octanol–water partition coefficient (Wildman–Crippen LogP) is -11.2. The molecule has 4 aliphatic heterocycles. The second-order valence-corrected chi connectivity index (χ2v) is 25.3. The van der Waals surface area contributed by atoms with Gasteiger partial charge in [0.15, 0.2) is 25.2 Å². The molecule has 0 aliphatic carbocycles. The number of nitrogens with zero attached hydrogens (tertiary/aromatic N) is 6. The Balaban J connectivity index is 0.844. The predicted molar refractivity (Wildman–Crippen MR) is 341 cm³/mol. The highest BCUT2D eigenvalue weighted by Gasteiger charge is 2.50. The molecule has 7 amide bonds. The molecule has 43 heteroatoms. The van der Waals surface area contributed by atoms with Gasteiger partial charge in [-0.15, -0.1) is 10.2 Å². The minimum absolute atomic E-state index is 0.0297. The molecule has 6 heterocycles. The zero-order valence-electron chi connectivity index (χ0n) is 56.9. The molecule has 0 spiro atoms. The molecule has 2 aromatic heterocycles. The average molecular weight is 1480 g/mol. The summed E-state index contributed by atoms with van der Waals surface area (Å²) in [7, 11) is 0. The Hall–Kier alpha value is -6.35. The van der Waals surface area contributed by atoms with Gasteiger partial charge in [0.05, 0.1) is 78.2 Å². The van der Waals surface area contributed by atoms with E-state index >= 15 is 0 Å². The van der Waals surface area contributed by atoms with E-state index in [1.54, 1.807) is 0 Å². The number of aromatic nitrogens is 6. The maximum absolute atomic E-state index is 13.4. The van der Waals surface area contributed by atoms with Gasteiger partial charge in [0.2, 0.25) is 41.4 Å². The molecular formula is C60H102N14O29. The molecule has 23 N–H and O–H groups in total. The summed E-state index contributed by atoms with van der Waals surface area (Å²) in [4.78, 5) is 89.2. The standard InChI is InChI=1S/C60H102N14O29/c1-30(77)66-33(12-14-39(78)64-22-31-24-73(71-69-31)18-20-96-57-51(90)49(88)45(84)37(102-57)28-98-59-53(92)47(86)43(82)35(26-75)100-59)55(94)62-16-8-4-2-3-6-10-41(80)67-34(56(95)63-17-9-5-7-11-42(81)68-61)13-15-40(79)65-23-32-25-74(72-70-32)19-21-97-58-52(91)50(89)46(85)38(103-58)29-99-60-54(93)48(87)44(83)36(27-76)101-60/h24-25,33-38,43-54,57-60,75-76,82-93H,2-23,26-29,61H2,1H3,(H,62,94)(H,63,95)(H,64,78)(H,65,79)(H,66,77)(H,67,80)(H,68,81)/t33?,34?,35-,36-,37-,38-,43-,44-,45-,46-,47+,48+,49+,50+,51+,52+,53+,54+,57+,58+,59+,60+/m1/s1. The fourth-order valence-electron chi connectivity index (χ4n) is 11.2. The van der Waals surface area contributed by atoms with Crippen molar-refractivity contribution in [2.24, 2.45) is 5.84 Å². The number of ether oxygens (including phenoxy) is 8. The van der Waals surface area contributed by atoms with Crippen LogP contribution in [0.25, 0.3) is 0 Å². The highest BCUT2D eigenvalue weighted by atomic mass is 16.7. The van der Waals surface area contributed by atoms with Crippen molar-refractivity contribution in [3.63, 3.8) is 0 Å². The summed E-state index contributed by atoms with van der Waals surface area (Å²) in [5.41, 5.74) is 2.72. The number of rotatable bonds is 44. The molecule has 6 rings (SSSR count). The third-order valence-electron chi connectivity index (χ3n) is 17.3. The number of hydrazine groups is 1. The van der Waals surface area contributed by atoms with E-state index in [1.165, 1.54) is 28.7 Å². The van der Waals surface area contributed by atoms with Crippen LogP contribution < -0.4 is 43.2 Å². The maximum atomic E-state index is 13.4. The second kappa shape index (κ2) is 43.9. The second-order valence-electron chi connectivity index (χ2n) is 25.3. The van der Waals surface area contributed by atoms with Crippen LogP contribution in [0.2, 0.25) is 0 Å². The van der Waals surface area contributed by atoms with E-state index in [9.17, 15) is 105 Å². The third kappa shape index (κ3) is 27.2. The molecule has 0 bridgehead atoms. The smallest absolute Gasteiger partial charge is 0.242 e. The van der Waals surface area contributed by atoms with Gasteiger partial charge in [0.25, 0.3) is 0 Å². The van der Waals surface area contributed by atoms with E-state index in [-0.39, 0.29) is 96.9 Å². The van der Waals surface area contributed by atoms with Gasteiger partial charge < -0.3 is 141 Å². The first-order valence-corrected chi connectivity index (χ1v) is 34.1. The summed E-state index contributed by atoms with van der Waals surface area (Å²) in [5, 5.41) is 175. The van der Waals surface area contributed by atoms with E-state index < -0.39 is 197 Å². The van der Waals surface area contributed by atoms with Gasteiger partial charge in [-0.3, -0.25) is 39.0 Å². The Kier molecular flexibility index (Phi) is 36.5. The number of hydrogen-bond donors (Lipinski definition) is 22. The van der Waals surface area contributed by atoms with Gasteiger partial charge in [0.1, 0.15) is 121 Å². The monoisotopic (exact) mass is 1480 g/mol. The zero-order valence-corrected chi connectivity index (χ0v) is 56.9. The van der Waals surface area contributed by atoms with Gasteiger partial charge in [0, 0.05) is 45.7 Å². The molecule has 0 radical (unpaired) electrons. The number of amides is 7. The Bertz CT molecular complexity index is 2910. The summed E-state index contributed by atoms with van der Waals surface area (Å²) in [6.45, 7) is -1.20. The Morgan fingerprint density at radius 2 is 0.806 bits per heavy atom. The van der Waals surface area contributed by atoms with Gasteiger partial charge in [-0.05, 0) is 38.5 Å². The average Bonchev–Trinajstić information content (AvgIpc) is 1.38. The quantitative estimate of drug-likeness (QED) is 0.0127. The molecule has 22 atom stereocenters. The zero-order chi connectivity index (χ0) is 75.3. The lowest BCUT2D eigenvalue weighted by Gasteiger charge is -2.42. The molecule has 43 nitrogen and oxygen atoms in total. The summed E-state index contributed by atoms with van der Waals surface area (Å²) >= 11 is 0. The van der Waals surface area contributed by atoms with Crippen molar-refractivity contribution in [1.29, 1.82) is 0 Å². The summed E-state index contributed by atoms with van der Waals surface area (Å²) in [6, 6.07) is -2.11. The van der Waals surface area contributed by atoms with E-state index in [2.05, 4.69) is 58.0 Å². The van der Waals surface area contributed by atoms with Crippen LogP contribution in [0.5, 0.6) is 0 Å². The largest absolute Gasteiger partial charge is 0.394 e. The number of nitrogens with one attached hydrogen (secondary N) is 7. The van der Waals surface area contributed by atoms with E-state index in [1.807, 2.05) is 0 Å². The minimum atomic E-state index is -1.77. The number of aliphatic hydroxyl groups excluding tert-OH is 14. The van der Waals surface area contributed by atoms with Crippen molar-refractivity contribution < 1.29 is 143 Å². The van der Waals surface area contributed by atoms with Crippen LogP contribution in [0.15, 0.2) is 12.4 Å². The molecule has 4 aliphatic rings. The lowest BCUT2D eigenvalue weighted by Crippen LogP contribution is -2.61. The van der Waals surface area contributed by atoms with Crippen LogP contribution in [-0.4, -0.2) is 330 Å². The first-order valence-electron chi connectivity index (χ1n) is 34.1. The summed E-state index contributed by atoms with van der Waals surface area (Å²) in [6.07, 6.45) is -24.4. The molecule has 103 heavy (non-hydrogen) atoms. The Labute approximate surface area is 590 Å². The van der Waals surface area contributed by atoms with Crippen LogP contribution in [0.1, 0.15) is 108 Å². The lowest BCUT2D eigenvalue weighted by molar-refractivity contribution is -0.331. The van der Waals surface area contributed by atoms with Crippen molar-refractivity contribution in [1.82, 2.24) is 67.3 Å². The van der Waals surface area contributed by atoms with Crippen molar-refractivity contribution in [3.8, 4) is 0 Å². The first-order chi connectivity index (χ1) is 49.2. The van der Waals surface area contributed by atoms with Gasteiger partial charge in [-0.25, -0.2) is 15.2 Å². The number of hydrogen-bond acceptors (Lipinski definition) is 34. The van der Waals surface area contributed by atoms with Crippen molar-refractivity contribution in [3.05, 3.63) is 23.8 Å². The van der Waals surface area contributed by atoms with Gasteiger partial charge in [-0.2, -0.15) is 0 Å². The van der Waals surface area contributed by atoms with Crippen LogP contribution in [0.3, 0.4) is 0 Å². The minimum Gasteiger partial charge on any atom is -0.394 e. The molecule has 0 saturated carbocycles. The molecular weight excluding hydrogens is 1380 g/mol. The summed E-state index contributed by atoms with van der Waals surface area (Å²) < 4.78 is 46.7. The van der Waals surface area contributed by atoms with Crippen molar-refractivity contribution in [2.45, 2.75) is 258 Å². The maximum Gasteiger partial charge on any atom is 0.242 e. The van der Waals surface area contributed by atoms with Crippen molar-refractivity contribution in [2.75, 3.05) is 52.7 Å². The third-order valence-corrected chi connectivity index (χ3v) is 17.3. The molecule has 0 aromatic carbocycles. The Morgan fingerprint density at radius 1 is 0.447 bits per heavy atom. The highest BCUT2D eigenvalue weighted by Crippen LogP contribution is 2.29. The van der Waals surface area contributed by atoms with Crippen LogP contribution >= 0.6 is 0 Å². The van der Waals surface area contributed by atoms with Crippen LogP contribution in [-0.2, 0) is 97.6 Å². The number of nitrogens with two attached hydrogens (primary N) is 1. The van der Waals surface area contributed by atoms with Crippen LogP contribution in [0.4, 0.5) is 0 Å². The van der Waals surface area contributed by atoms with Gasteiger partial charge in [-0.1, -0.05) is 36.1 Å². The molecule has 4 saturated heterocycles. The highest BCUT2D eigenvalue weighted by molar-refractivity contribution is 5.89.